The summed E-state index contributed by atoms with van der Waals surface area (Å²) in [6.07, 6.45) is 9.03. The number of piperidine rings is 1. The molecular weight excluding hydrogens is 212 g/mol. The van der Waals surface area contributed by atoms with Gasteiger partial charge in [-0.1, -0.05) is 13.3 Å². The van der Waals surface area contributed by atoms with E-state index in [0.29, 0.717) is 5.92 Å². The van der Waals surface area contributed by atoms with E-state index in [1.807, 2.05) is 12.3 Å². The molecule has 1 unspecified atom stereocenters. The Hall–Kier alpha value is -0.540. The maximum atomic E-state index is 5.81. The molecule has 2 heterocycles. The van der Waals surface area contributed by atoms with Gasteiger partial charge in [0.1, 0.15) is 0 Å². The maximum Gasteiger partial charge on any atom is 0.160 e. The molecule has 17 heavy (non-hydrogen) atoms. The molecule has 1 fully saturated rings. The van der Waals surface area contributed by atoms with E-state index >= 15 is 0 Å². The van der Waals surface area contributed by atoms with Gasteiger partial charge in [0.25, 0.3) is 0 Å². The van der Waals surface area contributed by atoms with Crippen LogP contribution in [0.1, 0.15) is 39.5 Å². The molecule has 1 atom stereocenters. The molecule has 2 rings (SSSR count). The Morgan fingerprint density at radius 3 is 2.76 bits per heavy atom. The largest absolute Gasteiger partial charge is 0.481 e. The molecule has 0 spiro atoms. The van der Waals surface area contributed by atoms with Gasteiger partial charge in [-0.3, -0.25) is 5.32 Å². The zero-order valence-electron chi connectivity index (χ0n) is 11.2. The summed E-state index contributed by atoms with van der Waals surface area (Å²) in [5.74, 6) is 0.644. The monoisotopic (exact) mass is 238 g/mol. The number of likely N-dealkylation sites (tertiary alicyclic amines) is 1. The van der Waals surface area contributed by atoms with Crippen molar-refractivity contribution in [2.45, 2.75) is 45.3 Å². The van der Waals surface area contributed by atoms with E-state index in [4.69, 9.17) is 4.74 Å². The van der Waals surface area contributed by atoms with E-state index in [9.17, 15) is 0 Å². The molecule has 98 valence electrons. The topological polar surface area (TPSA) is 24.5 Å². The van der Waals surface area contributed by atoms with Crippen LogP contribution in [0.5, 0.6) is 0 Å². The number of rotatable bonds is 4. The lowest BCUT2D eigenvalue weighted by Crippen LogP contribution is -2.54. The fourth-order valence-corrected chi connectivity index (χ4v) is 2.87. The molecule has 2 aliphatic rings. The van der Waals surface area contributed by atoms with E-state index in [2.05, 4.69) is 24.1 Å². The third-order valence-electron chi connectivity index (χ3n) is 4.17. The standard InChI is InChI=1S/C14H26N2O/c1-3-4-9-16-10-6-13(7-11-16)14(2)15-8-5-12-17-14/h5,12-13,15H,3-4,6-11H2,1-2H3. The molecule has 0 bridgehead atoms. The van der Waals surface area contributed by atoms with Gasteiger partial charge < -0.3 is 9.64 Å². The first kappa shape index (κ1) is 12.9. The number of nitrogens with one attached hydrogen (secondary N) is 1. The summed E-state index contributed by atoms with van der Waals surface area (Å²) in [4.78, 5) is 2.60. The van der Waals surface area contributed by atoms with Crippen LogP contribution in [-0.4, -0.2) is 36.8 Å². The number of nitrogens with zero attached hydrogens (tertiary/aromatic N) is 1. The first-order chi connectivity index (χ1) is 8.24. The van der Waals surface area contributed by atoms with Crippen molar-refractivity contribution in [3.63, 3.8) is 0 Å². The van der Waals surface area contributed by atoms with E-state index in [1.165, 1.54) is 45.3 Å². The fraction of sp³-hybridized carbons (Fsp3) is 0.857. The van der Waals surface area contributed by atoms with E-state index in [0.717, 1.165) is 6.54 Å². The van der Waals surface area contributed by atoms with Crippen LogP contribution in [0.2, 0.25) is 0 Å². The molecule has 0 aromatic heterocycles. The highest BCUT2D eigenvalue weighted by Gasteiger charge is 2.37. The molecule has 1 saturated heterocycles. The smallest absolute Gasteiger partial charge is 0.160 e. The van der Waals surface area contributed by atoms with Crippen molar-refractivity contribution in [3.05, 3.63) is 12.3 Å². The van der Waals surface area contributed by atoms with E-state index in [-0.39, 0.29) is 5.72 Å². The fourth-order valence-electron chi connectivity index (χ4n) is 2.87. The highest BCUT2D eigenvalue weighted by atomic mass is 16.5. The first-order valence-corrected chi connectivity index (χ1v) is 7.05. The Balaban J connectivity index is 1.80. The quantitative estimate of drug-likeness (QED) is 0.813. The summed E-state index contributed by atoms with van der Waals surface area (Å²) in [7, 11) is 0. The summed E-state index contributed by atoms with van der Waals surface area (Å²) in [6.45, 7) is 9.13. The van der Waals surface area contributed by atoms with Gasteiger partial charge >= 0.3 is 0 Å². The Morgan fingerprint density at radius 2 is 2.18 bits per heavy atom. The van der Waals surface area contributed by atoms with Crippen LogP contribution < -0.4 is 5.32 Å². The van der Waals surface area contributed by atoms with Gasteiger partial charge in [-0.05, 0) is 51.9 Å². The number of unbranched alkanes of at least 4 members (excludes halogenated alkanes) is 1. The van der Waals surface area contributed by atoms with Crippen molar-refractivity contribution >= 4 is 0 Å². The number of hydrogen-bond acceptors (Lipinski definition) is 3. The Morgan fingerprint density at radius 1 is 1.41 bits per heavy atom. The summed E-state index contributed by atoms with van der Waals surface area (Å²) >= 11 is 0. The molecule has 0 radical (unpaired) electrons. The summed E-state index contributed by atoms with van der Waals surface area (Å²) < 4.78 is 5.81. The zero-order valence-corrected chi connectivity index (χ0v) is 11.2. The minimum absolute atomic E-state index is 0.133. The highest BCUT2D eigenvalue weighted by molar-refractivity contribution is 4.94. The summed E-state index contributed by atoms with van der Waals surface area (Å²) in [6, 6.07) is 0. The van der Waals surface area contributed by atoms with Crippen molar-refractivity contribution in [3.8, 4) is 0 Å². The number of ether oxygens (including phenoxy) is 1. The molecule has 0 aromatic rings. The average Bonchev–Trinajstić information content (AvgIpc) is 2.38. The van der Waals surface area contributed by atoms with Crippen LogP contribution in [0.3, 0.4) is 0 Å². The van der Waals surface area contributed by atoms with Crippen molar-refractivity contribution in [2.75, 3.05) is 26.2 Å². The first-order valence-electron chi connectivity index (χ1n) is 7.05. The minimum Gasteiger partial charge on any atom is -0.481 e. The van der Waals surface area contributed by atoms with Crippen LogP contribution in [0.15, 0.2) is 12.3 Å². The van der Waals surface area contributed by atoms with Crippen LogP contribution in [0.4, 0.5) is 0 Å². The van der Waals surface area contributed by atoms with Crippen LogP contribution in [-0.2, 0) is 4.74 Å². The molecule has 2 aliphatic heterocycles. The van der Waals surface area contributed by atoms with Gasteiger partial charge in [-0.2, -0.15) is 0 Å². The second-order valence-corrected chi connectivity index (χ2v) is 5.45. The number of hydrogen-bond donors (Lipinski definition) is 1. The third kappa shape index (κ3) is 3.23. The summed E-state index contributed by atoms with van der Waals surface area (Å²) in [5.41, 5.74) is -0.133. The summed E-state index contributed by atoms with van der Waals surface area (Å²) in [5, 5.41) is 3.50. The Labute approximate surface area is 105 Å². The van der Waals surface area contributed by atoms with Gasteiger partial charge in [0.05, 0.1) is 6.26 Å². The lowest BCUT2D eigenvalue weighted by atomic mass is 9.86. The Kier molecular flexibility index (Phi) is 4.46. The van der Waals surface area contributed by atoms with Gasteiger partial charge in [0.15, 0.2) is 5.72 Å². The van der Waals surface area contributed by atoms with Crippen LogP contribution >= 0.6 is 0 Å². The maximum absolute atomic E-state index is 5.81. The SMILES string of the molecule is CCCCN1CCC(C2(C)NCC=CO2)CC1. The third-order valence-corrected chi connectivity index (χ3v) is 4.17. The Bertz CT molecular complexity index is 259. The van der Waals surface area contributed by atoms with Crippen LogP contribution in [0.25, 0.3) is 0 Å². The van der Waals surface area contributed by atoms with E-state index in [1.54, 1.807) is 0 Å². The van der Waals surface area contributed by atoms with E-state index < -0.39 is 0 Å². The van der Waals surface area contributed by atoms with Crippen molar-refractivity contribution in [1.29, 1.82) is 0 Å². The zero-order chi connectivity index (χ0) is 12.1. The van der Waals surface area contributed by atoms with Crippen LogP contribution in [0, 0.1) is 5.92 Å². The highest BCUT2D eigenvalue weighted by Crippen LogP contribution is 2.30. The van der Waals surface area contributed by atoms with Gasteiger partial charge in [-0.15, -0.1) is 0 Å². The molecule has 0 aromatic carbocycles. The molecule has 3 nitrogen and oxygen atoms in total. The molecular formula is C14H26N2O. The lowest BCUT2D eigenvalue weighted by molar-refractivity contribution is -0.0704. The van der Waals surface area contributed by atoms with Gasteiger partial charge in [-0.25, -0.2) is 0 Å². The van der Waals surface area contributed by atoms with Crippen molar-refractivity contribution < 1.29 is 4.74 Å². The lowest BCUT2D eigenvalue weighted by Gasteiger charge is -2.43. The van der Waals surface area contributed by atoms with Crippen molar-refractivity contribution in [1.82, 2.24) is 10.2 Å². The predicted octanol–water partition coefficient (Wildman–Crippen LogP) is 2.35. The molecule has 3 heteroatoms. The minimum atomic E-state index is -0.133. The van der Waals surface area contributed by atoms with Gasteiger partial charge in [0, 0.05) is 12.5 Å². The van der Waals surface area contributed by atoms with Gasteiger partial charge in [0.2, 0.25) is 0 Å². The average molecular weight is 238 g/mol. The normalized spacial score (nSPS) is 31.4. The second kappa shape index (κ2) is 5.87. The van der Waals surface area contributed by atoms with Crippen molar-refractivity contribution in [2.24, 2.45) is 5.92 Å². The molecule has 0 amide bonds. The second-order valence-electron chi connectivity index (χ2n) is 5.45. The molecule has 1 N–H and O–H groups in total. The molecule has 0 saturated carbocycles. The molecule has 0 aliphatic carbocycles. The predicted molar refractivity (Wildman–Crippen MR) is 70.7 cm³/mol.